The predicted octanol–water partition coefficient (Wildman–Crippen LogP) is 3.52. The molecular weight excluding hydrogens is 310 g/mol. The van der Waals surface area contributed by atoms with E-state index in [4.69, 9.17) is 0 Å². The van der Waals surface area contributed by atoms with Crippen molar-refractivity contribution in [2.24, 2.45) is 0 Å². The van der Waals surface area contributed by atoms with Crippen LogP contribution in [0, 0.1) is 0 Å². The van der Waals surface area contributed by atoms with Crippen LogP contribution in [0.2, 0.25) is 0 Å². The summed E-state index contributed by atoms with van der Waals surface area (Å²) in [7, 11) is 1.35. The first kappa shape index (κ1) is 17.1. The maximum atomic E-state index is 12.3. The van der Waals surface area contributed by atoms with Gasteiger partial charge in [-0.25, -0.2) is 4.79 Å². The molecule has 1 N–H and O–H groups in total. The van der Waals surface area contributed by atoms with Crippen LogP contribution in [-0.2, 0) is 11.3 Å². The smallest absolute Gasteiger partial charge is 0.337 e. The highest BCUT2D eigenvalue weighted by Gasteiger charge is 2.11. The molecule has 0 aliphatic carbocycles. The van der Waals surface area contributed by atoms with Gasteiger partial charge in [-0.05, 0) is 35.6 Å². The van der Waals surface area contributed by atoms with Gasteiger partial charge in [-0.3, -0.25) is 4.79 Å². The number of thioether (sulfide) groups is 1. The van der Waals surface area contributed by atoms with E-state index in [1.54, 1.807) is 36.0 Å². The fraction of sp³-hybridized carbons (Fsp3) is 0.222. The number of hydrogen-bond donors (Lipinski definition) is 1. The predicted molar refractivity (Wildman–Crippen MR) is 91.8 cm³/mol. The number of carbonyl (C=O) groups is 2. The number of hydrogen-bond acceptors (Lipinski definition) is 4. The lowest BCUT2D eigenvalue weighted by Crippen LogP contribution is -2.23. The number of nitrogens with one attached hydrogen (secondary N) is 1. The zero-order valence-electron chi connectivity index (χ0n) is 13.2. The highest BCUT2D eigenvalue weighted by atomic mass is 32.2. The Labute approximate surface area is 140 Å². The number of carbonyl (C=O) groups excluding carboxylic acids is 2. The van der Waals surface area contributed by atoms with E-state index in [1.165, 1.54) is 7.11 Å². The van der Waals surface area contributed by atoms with Crippen molar-refractivity contribution in [3.8, 4) is 0 Å². The van der Waals surface area contributed by atoms with Gasteiger partial charge in [0.1, 0.15) is 0 Å². The molecule has 0 saturated heterocycles. The Morgan fingerprint density at radius 2 is 1.78 bits per heavy atom. The molecule has 23 heavy (non-hydrogen) atoms. The minimum Gasteiger partial charge on any atom is -0.465 e. The molecule has 5 heteroatoms. The Morgan fingerprint density at radius 1 is 1.09 bits per heavy atom. The first-order valence-corrected chi connectivity index (χ1v) is 8.31. The number of rotatable bonds is 6. The Kier molecular flexibility index (Phi) is 6.23. The quantitative estimate of drug-likeness (QED) is 0.651. The highest BCUT2D eigenvalue weighted by Crippen LogP contribution is 2.22. The molecule has 0 fully saturated rings. The third-order valence-electron chi connectivity index (χ3n) is 3.26. The second-order valence-electron chi connectivity index (χ2n) is 4.80. The number of esters is 1. The van der Waals surface area contributed by atoms with Crippen LogP contribution in [0.3, 0.4) is 0 Å². The number of amides is 1. The van der Waals surface area contributed by atoms with Crippen molar-refractivity contribution in [3.63, 3.8) is 0 Å². The van der Waals surface area contributed by atoms with E-state index < -0.39 is 0 Å². The van der Waals surface area contributed by atoms with Gasteiger partial charge in [-0.2, -0.15) is 0 Å². The van der Waals surface area contributed by atoms with Crippen LogP contribution >= 0.6 is 11.8 Å². The summed E-state index contributed by atoms with van der Waals surface area (Å²) in [4.78, 5) is 24.7. The van der Waals surface area contributed by atoms with Crippen LogP contribution in [0.15, 0.2) is 53.4 Å². The number of ether oxygens (including phenoxy) is 1. The van der Waals surface area contributed by atoms with E-state index >= 15 is 0 Å². The van der Waals surface area contributed by atoms with Crippen LogP contribution in [0.5, 0.6) is 0 Å². The second kappa shape index (κ2) is 8.39. The summed E-state index contributed by atoms with van der Waals surface area (Å²) >= 11 is 1.65. The second-order valence-corrected chi connectivity index (χ2v) is 6.11. The summed E-state index contributed by atoms with van der Waals surface area (Å²) in [6.07, 6.45) is 0. The molecule has 0 radical (unpaired) electrons. The average Bonchev–Trinajstić information content (AvgIpc) is 2.60. The first-order valence-electron chi connectivity index (χ1n) is 7.33. The monoisotopic (exact) mass is 329 g/mol. The van der Waals surface area contributed by atoms with E-state index in [0.717, 1.165) is 16.2 Å². The van der Waals surface area contributed by atoms with Gasteiger partial charge in [0.15, 0.2) is 0 Å². The summed E-state index contributed by atoms with van der Waals surface area (Å²) < 4.78 is 4.66. The molecule has 0 atom stereocenters. The Morgan fingerprint density at radius 3 is 2.43 bits per heavy atom. The van der Waals surface area contributed by atoms with Crippen molar-refractivity contribution in [2.75, 3.05) is 12.9 Å². The topological polar surface area (TPSA) is 55.4 Å². The maximum Gasteiger partial charge on any atom is 0.337 e. The Bertz CT molecular complexity index is 683. The third kappa shape index (κ3) is 4.60. The van der Waals surface area contributed by atoms with Gasteiger partial charge in [0.2, 0.25) is 0 Å². The van der Waals surface area contributed by atoms with Gasteiger partial charge in [0.05, 0.1) is 18.2 Å². The fourth-order valence-electron chi connectivity index (χ4n) is 2.09. The van der Waals surface area contributed by atoms with Gasteiger partial charge in [0, 0.05) is 11.4 Å². The van der Waals surface area contributed by atoms with Crippen LogP contribution in [0.25, 0.3) is 0 Å². The molecule has 0 aliphatic heterocycles. The first-order chi connectivity index (χ1) is 11.2. The minimum absolute atomic E-state index is 0.0985. The molecule has 1 amide bonds. The molecule has 0 bridgehead atoms. The fourth-order valence-corrected chi connectivity index (χ4v) is 2.89. The lowest BCUT2D eigenvalue weighted by molar-refractivity contribution is 0.0600. The van der Waals surface area contributed by atoms with E-state index in [-0.39, 0.29) is 11.9 Å². The van der Waals surface area contributed by atoms with Crippen LogP contribution in [0.1, 0.15) is 33.2 Å². The molecule has 2 rings (SSSR count). The molecule has 0 aliphatic rings. The molecule has 4 nitrogen and oxygen atoms in total. The molecule has 0 spiro atoms. The molecule has 0 unspecified atom stereocenters. The normalized spacial score (nSPS) is 10.2. The SMILES string of the molecule is CCSc1ccccc1C(=O)NCc1ccc(C(=O)OC)cc1. The lowest BCUT2D eigenvalue weighted by atomic mass is 10.1. The largest absolute Gasteiger partial charge is 0.465 e. The minimum atomic E-state index is -0.369. The summed E-state index contributed by atoms with van der Waals surface area (Å²) in [5.41, 5.74) is 2.10. The third-order valence-corrected chi connectivity index (χ3v) is 4.22. The van der Waals surface area contributed by atoms with Crippen LogP contribution in [-0.4, -0.2) is 24.7 Å². The average molecular weight is 329 g/mol. The standard InChI is InChI=1S/C18H19NO3S/c1-3-23-16-7-5-4-6-15(16)17(20)19-12-13-8-10-14(11-9-13)18(21)22-2/h4-11H,3,12H2,1-2H3,(H,19,20). The van der Waals surface area contributed by atoms with Crippen molar-refractivity contribution in [1.82, 2.24) is 5.32 Å². The van der Waals surface area contributed by atoms with Gasteiger partial charge < -0.3 is 10.1 Å². The number of benzene rings is 2. The maximum absolute atomic E-state index is 12.3. The molecular formula is C18H19NO3S. The van der Waals surface area contributed by atoms with E-state index in [1.807, 2.05) is 24.3 Å². The van der Waals surface area contributed by atoms with Crippen molar-refractivity contribution in [1.29, 1.82) is 0 Å². The Hall–Kier alpha value is -2.27. The zero-order valence-corrected chi connectivity index (χ0v) is 14.0. The van der Waals surface area contributed by atoms with Crippen LogP contribution < -0.4 is 5.32 Å². The van der Waals surface area contributed by atoms with Crippen molar-refractivity contribution >= 4 is 23.6 Å². The number of methoxy groups -OCH3 is 1. The Balaban J connectivity index is 2.00. The van der Waals surface area contributed by atoms with E-state index in [9.17, 15) is 9.59 Å². The molecule has 0 heterocycles. The van der Waals surface area contributed by atoms with Crippen molar-refractivity contribution in [2.45, 2.75) is 18.4 Å². The van der Waals surface area contributed by atoms with Gasteiger partial charge in [-0.1, -0.05) is 31.2 Å². The van der Waals surface area contributed by atoms with Gasteiger partial charge in [0.25, 0.3) is 5.91 Å². The summed E-state index contributed by atoms with van der Waals surface area (Å²) in [6.45, 7) is 2.47. The zero-order chi connectivity index (χ0) is 16.7. The summed E-state index contributed by atoms with van der Waals surface area (Å²) in [5.74, 6) is 0.448. The van der Waals surface area contributed by atoms with E-state index in [0.29, 0.717) is 17.7 Å². The summed E-state index contributed by atoms with van der Waals surface area (Å²) in [6, 6.07) is 14.6. The molecule has 0 saturated carbocycles. The molecule has 2 aromatic rings. The molecule has 120 valence electrons. The van der Waals surface area contributed by atoms with Crippen molar-refractivity contribution in [3.05, 3.63) is 65.2 Å². The van der Waals surface area contributed by atoms with E-state index in [2.05, 4.69) is 17.0 Å². The summed E-state index contributed by atoms with van der Waals surface area (Å²) in [5, 5.41) is 2.91. The van der Waals surface area contributed by atoms with Crippen LogP contribution in [0.4, 0.5) is 0 Å². The van der Waals surface area contributed by atoms with Gasteiger partial charge in [-0.15, -0.1) is 11.8 Å². The highest BCUT2D eigenvalue weighted by molar-refractivity contribution is 7.99. The molecule has 2 aromatic carbocycles. The molecule has 0 aromatic heterocycles. The lowest BCUT2D eigenvalue weighted by Gasteiger charge is -2.09. The van der Waals surface area contributed by atoms with Crippen molar-refractivity contribution < 1.29 is 14.3 Å². The van der Waals surface area contributed by atoms with Gasteiger partial charge >= 0.3 is 5.97 Å².